The predicted octanol–water partition coefficient (Wildman–Crippen LogP) is 5.58. The Morgan fingerprint density at radius 3 is 2.37 bits per heavy atom. The van der Waals surface area contributed by atoms with Gasteiger partial charge in [0.05, 0.1) is 11.6 Å². The number of ketones is 1. The molecule has 0 saturated carbocycles. The topological polar surface area (TPSA) is 50.1 Å². The molecule has 0 aliphatic rings. The largest absolute Gasteiger partial charge is 0.487 e. The zero-order valence-electron chi connectivity index (χ0n) is 14.4. The lowest BCUT2D eigenvalue weighted by molar-refractivity contribution is 0.103. The van der Waals surface area contributed by atoms with Crippen molar-refractivity contribution in [3.63, 3.8) is 0 Å². The van der Waals surface area contributed by atoms with Gasteiger partial charge >= 0.3 is 0 Å². The van der Waals surface area contributed by atoms with Crippen molar-refractivity contribution in [2.24, 2.45) is 0 Å². The van der Waals surface area contributed by atoms with Crippen molar-refractivity contribution in [1.29, 1.82) is 5.26 Å². The van der Waals surface area contributed by atoms with Crippen molar-refractivity contribution < 1.29 is 9.53 Å². The first-order valence-electron chi connectivity index (χ1n) is 8.49. The number of ether oxygens (including phenoxy) is 1. The van der Waals surface area contributed by atoms with E-state index in [9.17, 15) is 4.79 Å². The Morgan fingerprint density at radius 2 is 1.63 bits per heavy atom. The van der Waals surface area contributed by atoms with Crippen LogP contribution in [0.3, 0.4) is 0 Å². The van der Waals surface area contributed by atoms with Crippen molar-refractivity contribution in [3.05, 3.63) is 100 Å². The average Bonchev–Trinajstić information content (AvgIpc) is 3.11. The zero-order valence-corrected chi connectivity index (χ0v) is 15.2. The summed E-state index contributed by atoms with van der Waals surface area (Å²) in [6, 6.07) is 26.5. The summed E-state index contributed by atoms with van der Waals surface area (Å²) >= 11 is 1.43. The van der Waals surface area contributed by atoms with Crippen LogP contribution in [0.1, 0.15) is 26.4 Å². The third-order valence-electron chi connectivity index (χ3n) is 4.26. The molecule has 0 spiro atoms. The molecule has 0 radical (unpaired) electrons. The number of rotatable bonds is 5. The molecule has 1 aromatic heterocycles. The van der Waals surface area contributed by atoms with E-state index in [1.54, 1.807) is 24.3 Å². The Bertz CT molecular complexity index is 1140. The summed E-state index contributed by atoms with van der Waals surface area (Å²) in [5.41, 5.74) is 2.12. The summed E-state index contributed by atoms with van der Waals surface area (Å²) in [5.74, 6) is 0.526. The van der Waals surface area contributed by atoms with Crippen molar-refractivity contribution in [1.82, 2.24) is 0 Å². The molecule has 4 aromatic rings. The Balaban J connectivity index is 1.72. The van der Waals surface area contributed by atoms with Gasteiger partial charge in [-0.2, -0.15) is 5.26 Å². The second kappa shape index (κ2) is 7.45. The van der Waals surface area contributed by atoms with E-state index in [-0.39, 0.29) is 5.78 Å². The van der Waals surface area contributed by atoms with E-state index in [2.05, 4.69) is 6.07 Å². The van der Waals surface area contributed by atoms with Crippen molar-refractivity contribution in [2.45, 2.75) is 6.61 Å². The molecule has 4 rings (SSSR count). The minimum Gasteiger partial charge on any atom is -0.487 e. The van der Waals surface area contributed by atoms with Crippen LogP contribution in [-0.4, -0.2) is 5.78 Å². The molecule has 1 heterocycles. The summed E-state index contributed by atoms with van der Waals surface area (Å²) in [4.78, 5) is 13.7. The van der Waals surface area contributed by atoms with Crippen LogP contribution in [-0.2, 0) is 6.61 Å². The van der Waals surface area contributed by atoms with E-state index in [1.165, 1.54) is 11.3 Å². The normalized spacial score (nSPS) is 10.5. The van der Waals surface area contributed by atoms with Gasteiger partial charge in [0, 0.05) is 15.6 Å². The molecule has 3 nitrogen and oxygen atoms in total. The molecule has 0 amide bonds. The molecular weight excluding hydrogens is 354 g/mol. The molecular formula is C23H15NO2S. The van der Waals surface area contributed by atoms with Crippen molar-refractivity contribution in [3.8, 4) is 11.8 Å². The van der Waals surface area contributed by atoms with E-state index in [0.717, 1.165) is 15.6 Å². The van der Waals surface area contributed by atoms with Gasteiger partial charge in [0.1, 0.15) is 17.2 Å². The Morgan fingerprint density at radius 1 is 0.926 bits per heavy atom. The summed E-state index contributed by atoms with van der Waals surface area (Å²) < 4.78 is 7.11. The fraction of sp³-hybridized carbons (Fsp3) is 0.0435. The second-order valence-corrected chi connectivity index (χ2v) is 7.10. The van der Waals surface area contributed by atoms with Crippen LogP contribution < -0.4 is 4.74 Å². The van der Waals surface area contributed by atoms with Gasteiger partial charge in [-0.15, -0.1) is 11.3 Å². The molecule has 130 valence electrons. The molecule has 0 aliphatic heterocycles. The molecule has 4 heteroatoms. The number of hydrogen-bond donors (Lipinski definition) is 0. The SMILES string of the molecule is N#Cc1ccc(C(=O)c2sc3ccccc3c2OCc2ccccc2)cc1. The average molecular weight is 369 g/mol. The van der Waals surface area contributed by atoms with E-state index in [1.807, 2.05) is 54.6 Å². The van der Waals surface area contributed by atoms with Gasteiger partial charge in [-0.1, -0.05) is 42.5 Å². The van der Waals surface area contributed by atoms with Crippen LogP contribution in [0, 0.1) is 11.3 Å². The highest BCUT2D eigenvalue weighted by atomic mass is 32.1. The van der Waals surface area contributed by atoms with E-state index in [4.69, 9.17) is 10.00 Å². The van der Waals surface area contributed by atoms with Gasteiger partial charge < -0.3 is 4.74 Å². The highest BCUT2D eigenvalue weighted by molar-refractivity contribution is 7.21. The first-order valence-corrected chi connectivity index (χ1v) is 9.31. The molecule has 3 aromatic carbocycles. The number of nitriles is 1. The Kier molecular flexibility index (Phi) is 4.69. The number of nitrogens with zero attached hydrogens (tertiary/aromatic N) is 1. The third kappa shape index (κ3) is 3.46. The van der Waals surface area contributed by atoms with Gasteiger partial charge in [-0.05, 0) is 42.0 Å². The number of benzene rings is 3. The lowest BCUT2D eigenvalue weighted by atomic mass is 10.1. The second-order valence-electron chi connectivity index (χ2n) is 6.05. The van der Waals surface area contributed by atoms with Gasteiger partial charge in [0.25, 0.3) is 0 Å². The van der Waals surface area contributed by atoms with Crippen molar-refractivity contribution >= 4 is 27.2 Å². The van der Waals surface area contributed by atoms with E-state index in [0.29, 0.717) is 28.4 Å². The molecule has 0 N–H and O–H groups in total. The lowest BCUT2D eigenvalue weighted by Crippen LogP contribution is -2.03. The fourth-order valence-electron chi connectivity index (χ4n) is 2.87. The zero-order chi connectivity index (χ0) is 18.6. The number of thiophene rings is 1. The molecule has 0 aliphatic carbocycles. The number of fused-ring (bicyclic) bond motifs is 1. The van der Waals surface area contributed by atoms with Crippen molar-refractivity contribution in [2.75, 3.05) is 0 Å². The number of carbonyl (C=O) groups is 1. The summed E-state index contributed by atoms with van der Waals surface area (Å²) in [5, 5.41) is 9.89. The van der Waals surface area contributed by atoms with Crippen LogP contribution in [0.15, 0.2) is 78.9 Å². The van der Waals surface area contributed by atoms with Gasteiger partial charge in [0.15, 0.2) is 0 Å². The minimum atomic E-state index is -0.0937. The predicted molar refractivity (Wildman–Crippen MR) is 107 cm³/mol. The third-order valence-corrected chi connectivity index (χ3v) is 5.41. The number of carbonyl (C=O) groups excluding carboxylic acids is 1. The lowest BCUT2D eigenvalue weighted by Gasteiger charge is -2.08. The van der Waals surface area contributed by atoms with Crippen LogP contribution >= 0.6 is 11.3 Å². The van der Waals surface area contributed by atoms with Gasteiger partial charge in [0.2, 0.25) is 5.78 Å². The van der Waals surface area contributed by atoms with Crippen LogP contribution in [0.25, 0.3) is 10.1 Å². The van der Waals surface area contributed by atoms with Gasteiger partial charge in [-0.25, -0.2) is 0 Å². The molecule has 0 atom stereocenters. The minimum absolute atomic E-state index is 0.0937. The summed E-state index contributed by atoms with van der Waals surface area (Å²) in [6.45, 7) is 0.398. The molecule has 0 fully saturated rings. The maximum atomic E-state index is 13.1. The summed E-state index contributed by atoms with van der Waals surface area (Å²) in [6.07, 6.45) is 0. The van der Waals surface area contributed by atoms with Gasteiger partial charge in [-0.3, -0.25) is 4.79 Å². The molecule has 0 saturated heterocycles. The first kappa shape index (κ1) is 17.0. The highest BCUT2D eigenvalue weighted by Gasteiger charge is 2.21. The Labute approximate surface area is 161 Å². The summed E-state index contributed by atoms with van der Waals surface area (Å²) in [7, 11) is 0. The van der Waals surface area contributed by atoms with Crippen LogP contribution in [0.2, 0.25) is 0 Å². The van der Waals surface area contributed by atoms with Crippen LogP contribution in [0.4, 0.5) is 0 Å². The quantitative estimate of drug-likeness (QED) is 0.431. The fourth-order valence-corrected chi connectivity index (χ4v) is 3.98. The van der Waals surface area contributed by atoms with E-state index < -0.39 is 0 Å². The monoisotopic (exact) mass is 369 g/mol. The highest BCUT2D eigenvalue weighted by Crippen LogP contribution is 2.39. The standard InChI is InChI=1S/C23H15NO2S/c24-14-16-10-12-18(13-11-16)21(25)23-22(19-8-4-5-9-20(19)27-23)26-15-17-6-2-1-3-7-17/h1-13H,15H2. The van der Waals surface area contributed by atoms with Crippen LogP contribution in [0.5, 0.6) is 5.75 Å². The smallest absolute Gasteiger partial charge is 0.206 e. The molecule has 0 unspecified atom stereocenters. The Hall–Kier alpha value is -3.42. The first-order chi connectivity index (χ1) is 13.3. The molecule has 27 heavy (non-hydrogen) atoms. The number of hydrogen-bond acceptors (Lipinski definition) is 4. The van der Waals surface area contributed by atoms with E-state index >= 15 is 0 Å². The maximum absolute atomic E-state index is 13.1. The molecule has 0 bridgehead atoms. The maximum Gasteiger partial charge on any atom is 0.206 e.